The van der Waals surface area contributed by atoms with Crippen LogP contribution in [0.5, 0.6) is 0 Å². The zero-order valence-electron chi connectivity index (χ0n) is 10.5. The quantitative estimate of drug-likeness (QED) is 0.350. The van der Waals surface area contributed by atoms with E-state index >= 15 is 0 Å². The largest absolute Gasteiger partial charge is 0.471 e. The van der Waals surface area contributed by atoms with Crippen molar-refractivity contribution >= 4 is 6.04 Å². The van der Waals surface area contributed by atoms with Gasteiger partial charge in [-0.25, -0.2) is 0 Å². The summed E-state index contributed by atoms with van der Waals surface area (Å²) in [7, 11) is 0. The predicted octanol–water partition coefficient (Wildman–Crippen LogP) is 4.60. The number of carbonyl (C=O) groups is 1. The highest BCUT2D eigenvalue weighted by molar-refractivity contribution is 5.77. The van der Waals surface area contributed by atoms with Crippen LogP contribution in [-0.2, 0) is 14.3 Å². The van der Waals surface area contributed by atoms with E-state index in [9.17, 15) is 66.3 Å². The zero-order valence-corrected chi connectivity index (χ0v) is 10.5. The van der Waals surface area contributed by atoms with Crippen molar-refractivity contribution in [1.29, 1.82) is 0 Å². The molecule has 148 valence electrons. The molecule has 0 rings (SSSR count). The molecule has 0 radical (unpaired) electrons. The Balaban J connectivity index is 6.20. The Morgan fingerprint density at radius 1 is 0.680 bits per heavy atom. The van der Waals surface area contributed by atoms with Gasteiger partial charge in [0.1, 0.15) is 0 Å². The molecule has 1 atom stereocenters. The molecule has 0 fully saturated rings. The molecule has 25 heavy (non-hydrogen) atoms. The molecule has 0 aromatic carbocycles. The van der Waals surface area contributed by atoms with Crippen LogP contribution in [0.2, 0.25) is 0 Å². The lowest BCUT2D eigenvalue weighted by atomic mass is 10.2. The van der Waals surface area contributed by atoms with Crippen molar-refractivity contribution < 1.29 is 75.7 Å². The zero-order chi connectivity index (χ0) is 20.6. The molecule has 0 spiro atoms. The number of hydrogen-bond acceptors (Lipinski definition) is 3. The Hall–Kier alpha value is -1.81. The van der Waals surface area contributed by atoms with Gasteiger partial charge in [-0.1, -0.05) is 0 Å². The van der Waals surface area contributed by atoms with Crippen LogP contribution < -0.4 is 0 Å². The molecule has 3 nitrogen and oxygen atoms in total. The highest BCUT2D eigenvalue weighted by Crippen LogP contribution is 2.52. The number of carbonyl (C=O) groups excluding carboxylic acids is 1. The molecule has 0 aromatic rings. The topological polar surface area (TPSA) is 35.5 Å². The summed E-state index contributed by atoms with van der Waals surface area (Å²) >= 11 is 0. The molecule has 0 saturated carbocycles. The molecule has 0 saturated heterocycles. The Morgan fingerprint density at radius 2 is 1.08 bits per heavy atom. The first kappa shape index (κ1) is 23.2. The van der Waals surface area contributed by atoms with Crippen molar-refractivity contribution in [3.05, 3.63) is 12.1 Å². The minimum atomic E-state index is -7.47. The van der Waals surface area contributed by atoms with Crippen LogP contribution in [0.4, 0.5) is 61.5 Å². The van der Waals surface area contributed by atoms with Gasteiger partial charge in [-0.15, -0.1) is 0 Å². The summed E-state index contributed by atoms with van der Waals surface area (Å²) in [6, 6.07) is -8.36. The summed E-state index contributed by atoms with van der Waals surface area (Å²) in [5.74, 6) is -14.4. The summed E-state index contributed by atoms with van der Waals surface area (Å²) in [6.07, 6.45) is -25.8. The maximum atomic E-state index is 13.3. The van der Waals surface area contributed by atoms with Crippen LogP contribution in [0.1, 0.15) is 0 Å². The maximum absolute atomic E-state index is 13.3. The van der Waals surface area contributed by atoms with Gasteiger partial charge >= 0.3 is 48.3 Å². The first-order valence-corrected chi connectivity index (χ1v) is 4.92. The first-order valence-electron chi connectivity index (χ1n) is 4.92. The number of alkyl halides is 10. The van der Waals surface area contributed by atoms with Crippen molar-refractivity contribution in [1.82, 2.24) is 0 Å². The Bertz CT molecular complexity index is 547. The molecule has 17 heteroatoms. The van der Waals surface area contributed by atoms with Crippen molar-refractivity contribution in [2.24, 2.45) is 0 Å². The minimum absolute atomic E-state index is 1.52. The molecule has 0 aliphatic carbocycles. The average molecular weight is 410 g/mol. The van der Waals surface area contributed by atoms with Gasteiger partial charge in [-0.05, 0) is 0 Å². The second-order valence-corrected chi connectivity index (χ2v) is 3.71. The van der Waals surface area contributed by atoms with E-state index in [0.29, 0.717) is 0 Å². The third-order valence-corrected chi connectivity index (χ3v) is 1.99. The van der Waals surface area contributed by atoms with E-state index in [1.54, 1.807) is 0 Å². The fourth-order valence-electron chi connectivity index (χ4n) is 0.854. The summed E-state index contributed by atoms with van der Waals surface area (Å²) in [4.78, 5) is 9.60. The fraction of sp³-hybridized carbons (Fsp3) is 0.625. The van der Waals surface area contributed by atoms with Crippen LogP contribution >= 0.6 is 0 Å². The molecule has 0 amide bonds. The van der Waals surface area contributed by atoms with Gasteiger partial charge in [-0.2, -0.15) is 61.5 Å². The minimum Gasteiger partial charge on any atom is -0.398 e. The Morgan fingerprint density at radius 3 is 1.36 bits per heavy atom. The molecule has 0 aliphatic heterocycles. The van der Waals surface area contributed by atoms with Gasteiger partial charge in [-0.3, -0.25) is 9.53 Å². The number of halogens is 14. The molecular formula is C8F14O3. The van der Waals surface area contributed by atoms with Crippen molar-refractivity contribution in [2.45, 2.75) is 30.2 Å². The summed E-state index contributed by atoms with van der Waals surface area (Å²) in [5.41, 5.74) is 0. The second kappa shape index (κ2) is 6.49. The van der Waals surface area contributed by atoms with Gasteiger partial charge in [0.2, 0.25) is 0 Å². The molecule has 0 N–H and O–H groups in total. The third kappa shape index (κ3) is 4.24. The lowest BCUT2D eigenvalue weighted by Gasteiger charge is -2.36. The van der Waals surface area contributed by atoms with Crippen LogP contribution in [-0.4, -0.2) is 36.2 Å². The lowest BCUT2D eigenvalue weighted by Crippen LogP contribution is -2.64. The molecule has 0 aromatic heterocycles. The van der Waals surface area contributed by atoms with Crippen molar-refractivity contribution in [3.8, 4) is 0 Å². The highest BCUT2D eigenvalue weighted by Gasteiger charge is 2.82. The van der Waals surface area contributed by atoms with Crippen LogP contribution in [0.3, 0.4) is 0 Å². The van der Waals surface area contributed by atoms with E-state index in [-0.39, 0.29) is 0 Å². The normalized spacial score (nSPS) is 16.2. The second-order valence-electron chi connectivity index (χ2n) is 3.71. The lowest BCUT2D eigenvalue weighted by molar-refractivity contribution is -0.513. The van der Waals surface area contributed by atoms with Gasteiger partial charge in [0.15, 0.2) is 0 Å². The number of rotatable bonds is 7. The van der Waals surface area contributed by atoms with E-state index in [4.69, 9.17) is 0 Å². The first-order chi connectivity index (χ1) is 10.7. The van der Waals surface area contributed by atoms with Gasteiger partial charge in [0.25, 0.3) is 0 Å². The summed E-state index contributed by atoms with van der Waals surface area (Å²) in [5, 5.41) is 0. The fourth-order valence-corrected chi connectivity index (χ4v) is 0.854. The summed E-state index contributed by atoms with van der Waals surface area (Å²) in [6.45, 7) is 0. The van der Waals surface area contributed by atoms with Crippen LogP contribution in [0, 0.1) is 0 Å². The Kier molecular flexibility index (Phi) is 6.02. The van der Waals surface area contributed by atoms with E-state index in [2.05, 4.69) is 0 Å². The maximum Gasteiger partial charge on any atom is 0.471 e. The van der Waals surface area contributed by atoms with E-state index in [1.807, 2.05) is 4.74 Å². The molecular weight excluding hydrogens is 410 g/mol. The standard InChI is InChI=1S/C8F14O3/c9-1(10)2(11)24-8(21,22)5(15,6(16,17)18)25-7(19,20)4(13,14)3(12)23. The summed E-state index contributed by atoms with van der Waals surface area (Å²) < 4.78 is 176. The van der Waals surface area contributed by atoms with E-state index in [1.165, 1.54) is 4.74 Å². The SMILES string of the molecule is O=C(F)C(F)(F)C(F)(F)OC(F)(C(F)(F)F)C(F)(F)OC(F)=C(F)F. The van der Waals surface area contributed by atoms with Crippen LogP contribution in [0.25, 0.3) is 0 Å². The van der Waals surface area contributed by atoms with Crippen LogP contribution in [0.15, 0.2) is 12.1 Å². The number of ether oxygens (including phenoxy) is 2. The van der Waals surface area contributed by atoms with Crippen molar-refractivity contribution in [3.63, 3.8) is 0 Å². The molecule has 1 unspecified atom stereocenters. The predicted molar refractivity (Wildman–Crippen MR) is 43.4 cm³/mol. The Labute approximate surface area is 125 Å². The smallest absolute Gasteiger partial charge is 0.398 e. The monoisotopic (exact) mass is 410 g/mol. The number of hydrogen-bond donors (Lipinski definition) is 0. The van der Waals surface area contributed by atoms with Gasteiger partial charge in [0.05, 0.1) is 0 Å². The highest BCUT2D eigenvalue weighted by atomic mass is 19.4. The van der Waals surface area contributed by atoms with Gasteiger partial charge in [0, 0.05) is 0 Å². The molecule has 0 heterocycles. The van der Waals surface area contributed by atoms with E-state index in [0.717, 1.165) is 0 Å². The molecule has 0 bridgehead atoms. The van der Waals surface area contributed by atoms with Gasteiger partial charge < -0.3 is 4.74 Å². The third-order valence-electron chi connectivity index (χ3n) is 1.99. The van der Waals surface area contributed by atoms with Crippen molar-refractivity contribution in [2.75, 3.05) is 0 Å². The van der Waals surface area contributed by atoms with E-state index < -0.39 is 48.3 Å². The average Bonchev–Trinajstić information content (AvgIpc) is 2.35. The molecule has 0 aliphatic rings.